The molecule has 6 heteroatoms. The van der Waals surface area contributed by atoms with E-state index >= 15 is 0 Å². The van der Waals surface area contributed by atoms with Crippen molar-refractivity contribution in [3.05, 3.63) is 36.1 Å². The van der Waals surface area contributed by atoms with Gasteiger partial charge in [0.1, 0.15) is 17.6 Å². The normalized spacial score (nSPS) is 11.7. The molecular formula is C10H7F3N2O. The summed E-state index contributed by atoms with van der Waals surface area (Å²) >= 11 is 0. The Balaban J connectivity index is 2.62. The van der Waals surface area contributed by atoms with Gasteiger partial charge in [-0.05, 0) is 6.07 Å². The van der Waals surface area contributed by atoms with Gasteiger partial charge in [0.15, 0.2) is 0 Å². The van der Waals surface area contributed by atoms with E-state index in [4.69, 9.17) is 5.73 Å². The van der Waals surface area contributed by atoms with Gasteiger partial charge in [-0.1, -0.05) is 23.4 Å². The molecule has 2 N–H and O–H groups in total. The first-order valence-electron chi connectivity index (χ1n) is 4.36. The molecule has 84 valence electrons. The Morgan fingerprint density at radius 2 is 1.88 bits per heavy atom. The number of anilines is 1. The smallest absolute Gasteiger partial charge is 0.394 e. The third kappa shape index (κ3) is 1.73. The van der Waals surface area contributed by atoms with Crippen molar-refractivity contribution < 1.29 is 17.7 Å². The zero-order chi connectivity index (χ0) is 11.8. The Morgan fingerprint density at radius 1 is 1.19 bits per heavy atom. The van der Waals surface area contributed by atoms with Crippen LogP contribution in [0.3, 0.4) is 0 Å². The Labute approximate surface area is 88.7 Å². The first kappa shape index (κ1) is 10.5. The van der Waals surface area contributed by atoms with Gasteiger partial charge in [-0.2, -0.15) is 13.2 Å². The minimum Gasteiger partial charge on any atom is -0.394 e. The van der Waals surface area contributed by atoms with Crippen LogP contribution in [0.5, 0.6) is 0 Å². The average molecular weight is 228 g/mol. The van der Waals surface area contributed by atoms with Crippen LogP contribution in [0.4, 0.5) is 18.9 Å². The lowest BCUT2D eigenvalue weighted by atomic mass is 10.0. The summed E-state index contributed by atoms with van der Waals surface area (Å²) in [6, 6.07) is 5.07. The number of hydrogen-bond donors (Lipinski definition) is 1. The highest BCUT2D eigenvalue weighted by atomic mass is 19.4. The zero-order valence-electron chi connectivity index (χ0n) is 7.95. The van der Waals surface area contributed by atoms with Gasteiger partial charge < -0.3 is 10.3 Å². The molecule has 0 amide bonds. The van der Waals surface area contributed by atoms with Crippen LogP contribution in [-0.2, 0) is 6.18 Å². The van der Waals surface area contributed by atoms with Crippen molar-refractivity contribution >= 4 is 5.69 Å². The lowest BCUT2D eigenvalue weighted by molar-refractivity contribution is -0.137. The van der Waals surface area contributed by atoms with Crippen molar-refractivity contribution in [3.63, 3.8) is 0 Å². The first-order valence-corrected chi connectivity index (χ1v) is 4.36. The SMILES string of the molecule is Nc1conc1-c1ccccc1C(F)(F)F. The second-order valence-corrected chi connectivity index (χ2v) is 3.16. The summed E-state index contributed by atoms with van der Waals surface area (Å²) in [6.07, 6.45) is -3.34. The van der Waals surface area contributed by atoms with E-state index in [-0.39, 0.29) is 16.9 Å². The largest absolute Gasteiger partial charge is 0.417 e. The summed E-state index contributed by atoms with van der Waals surface area (Å²) in [5.41, 5.74) is 4.68. The molecule has 16 heavy (non-hydrogen) atoms. The maximum Gasteiger partial charge on any atom is 0.417 e. The number of nitrogens with two attached hydrogens (primary N) is 1. The molecule has 1 heterocycles. The van der Waals surface area contributed by atoms with Gasteiger partial charge in [0.25, 0.3) is 0 Å². The molecule has 3 nitrogen and oxygen atoms in total. The number of aromatic nitrogens is 1. The molecular weight excluding hydrogens is 221 g/mol. The van der Waals surface area contributed by atoms with Gasteiger partial charge >= 0.3 is 6.18 Å². The first-order chi connectivity index (χ1) is 7.50. The molecule has 0 saturated carbocycles. The van der Waals surface area contributed by atoms with Gasteiger partial charge in [-0.25, -0.2) is 0 Å². The van der Waals surface area contributed by atoms with Crippen LogP contribution in [0.25, 0.3) is 11.3 Å². The molecule has 0 fully saturated rings. The Hall–Kier alpha value is -1.98. The Bertz CT molecular complexity index is 505. The van der Waals surface area contributed by atoms with E-state index in [1.807, 2.05) is 0 Å². The molecule has 0 unspecified atom stereocenters. The Kier molecular flexibility index (Phi) is 2.34. The van der Waals surface area contributed by atoms with E-state index in [0.717, 1.165) is 12.3 Å². The second kappa shape index (κ2) is 3.55. The molecule has 1 aromatic carbocycles. The lowest BCUT2D eigenvalue weighted by Gasteiger charge is -2.10. The molecule has 0 aliphatic rings. The average Bonchev–Trinajstić information content (AvgIpc) is 2.63. The van der Waals surface area contributed by atoms with E-state index in [2.05, 4.69) is 9.68 Å². The molecule has 0 radical (unpaired) electrons. The van der Waals surface area contributed by atoms with Gasteiger partial charge in [-0.15, -0.1) is 0 Å². The predicted molar refractivity (Wildman–Crippen MR) is 51.4 cm³/mol. The van der Waals surface area contributed by atoms with Crippen molar-refractivity contribution in [1.82, 2.24) is 5.16 Å². The van der Waals surface area contributed by atoms with E-state index in [1.165, 1.54) is 18.2 Å². The number of nitrogen functional groups attached to an aromatic ring is 1. The fourth-order valence-electron chi connectivity index (χ4n) is 1.39. The molecule has 0 aliphatic heterocycles. The van der Waals surface area contributed by atoms with E-state index in [9.17, 15) is 13.2 Å². The molecule has 1 aromatic heterocycles. The summed E-state index contributed by atoms with van der Waals surface area (Å²) in [6.45, 7) is 0. The van der Waals surface area contributed by atoms with Crippen molar-refractivity contribution in [1.29, 1.82) is 0 Å². The number of halogens is 3. The van der Waals surface area contributed by atoms with Crippen LogP contribution < -0.4 is 5.73 Å². The van der Waals surface area contributed by atoms with Crippen LogP contribution in [-0.4, -0.2) is 5.16 Å². The van der Waals surface area contributed by atoms with Gasteiger partial charge in [-0.3, -0.25) is 0 Å². The summed E-state index contributed by atoms with van der Waals surface area (Å²) in [5.74, 6) is 0. The van der Waals surface area contributed by atoms with Gasteiger partial charge in [0.2, 0.25) is 0 Å². The quantitative estimate of drug-likeness (QED) is 0.816. The van der Waals surface area contributed by atoms with Crippen molar-refractivity contribution in [2.24, 2.45) is 0 Å². The highest BCUT2D eigenvalue weighted by Crippen LogP contribution is 2.37. The molecule has 0 spiro atoms. The molecule has 0 bridgehead atoms. The predicted octanol–water partition coefficient (Wildman–Crippen LogP) is 2.94. The number of hydrogen-bond acceptors (Lipinski definition) is 3. The molecule has 0 aliphatic carbocycles. The third-order valence-corrected chi connectivity index (χ3v) is 2.08. The lowest BCUT2D eigenvalue weighted by Crippen LogP contribution is -2.07. The standard InChI is InChI=1S/C10H7F3N2O/c11-10(12,13)7-4-2-1-3-6(7)9-8(14)5-16-15-9/h1-5H,14H2. The molecule has 2 rings (SSSR count). The van der Waals surface area contributed by atoms with Crippen LogP contribution in [0.1, 0.15) is 5.56 Å². The minimum absolute atomic E-state index is 0.00734. The number of alkyl halides is 3. The minimum atomic E-state index is -4.44. The van der Waals surface area contributed by atoms with Crippen LogP contribution in [0, 0.1) is 0 Å². The maximum absolute atomic E-state index is 12.7. The summed E-state index contributed by atoms with van der Waals surface area (Å²) in [7, 11) is 0. The zero-order valence-corrected chi connectivity index (χ0v) is 7.95. The van der Waals surface area contributed by atoms with Gasteiger partial charge in [0.05, 0.1) is 5.56 Å². The molecule has 0 atom stereocenters. The summed E-state index contributed by atoms with van der Waals surface area (Å²) in [4.78, 5) is 0. The van der Waals surface area contributed by atoms with E-state index in [1.54, 1.807) is 0 Å². The molecule has 0 saturated heterocycles. The summed E-state index contributed by atoms with van der Waals surface area (Å²) in [5, 5.41) is 3.46. The van der Waals surface area contributed by atoms with Gasteiger partial charge in [0, 0.05) is 5.56 Å². The van der Waals surface area contributed by atoms with Crippen molar-refractivity contribution in [3.8, 4) is 11.3 Å². The van der Waals surface area contributed by atoms with Crippen LogP contribution in [0.2, 0.25) is 0 Å². The number of rotatable bonds is 1. The monoisotopic (exact) mass is 228 g/mol. The molecule has 2 aromatic rings. The van der Waals surface area contributed by atoms with Crippen LogP contribution in [0.15, 0.2) is 35.1 Å². The fourth-order valence-corrected chi connectivity index (χ4v) is 1.39. The highest BCUT2D eigenvalue weighted by molar-refractivity contribution is 5.74. The maximum atomic E-state index is 12.7. The number of nitrogens with zero attached hydrogens (tertiary/aromatic N) is 1. The fraction of sp³-hybridized carbons (Fsp3) is 0.100. The Morgan fingerprint density at radius 3 is 2.44 bits per heavy atom. The second-order valence-electron chi connectivity index (χ2n) is 3.16. The van der Waals surface area contributed by atoms with E-state index in [0.29, 0.717) is 0 Å². The van der Waals surface area contributed by atoms with E-state index < -0.39 is 11.7 Å². The summed E-state index contributed by atoms with van der Waals surface area (Å²) < 4.78 is 42.5. The topological polar surface area (TPSA) is 52.0 Å². The number of benzene rings is 1. The van der Waals surface area contributed by atoms with Crippen molar-refractivity contribution in [2.45, 2.75) is 6.18 Å². The third-order valence-electron chi connectivity index (χ3n) is 2.08. The van der Waals surface area contributed by atoms with Crippen LogP contribution >= 0.6 is 0 Å². The highest BCUT2D eigenvalue weighted by Gasteiger charge is 2.34. The van der Waals surface area contributed by atoms with Crippen molar-refractivity contribution in [2.75, 3.05) is 5.73 Å².